The van der Waals surface area contributed by atoms with Gasteiger partial charge in [0.1, 0.15) is 5.82 Å². The van der Waals surface area contributed by atoms with Crippen molar-refractivity contribution in [2.75, 3.05) is 16.0 Å². The number of amides is 1. The summed E-state index contributed by atoms with van der Waals surface area (Å²) in [5, 5.41) is 16.3. The summed E-state index contributed by atoms with van der Waals surface area (Å²) in [6, 6.07) is 12.7. The first kappa shape index (κ1) is 21.7. The number of aryl methyl sites for hydroxylation is 1. The molecule has 2 heterocycles. The monoisotopic (exact) mass is 465 g/mol. The molecule has 0 radical (unpaired) electrons. The van der Waals surface area contributed by atoms with Crippen molar-refractivity contribution in [3.8, 4) is 0 Å². The van der Waals surface area contributed by atoms with Gasteiger partial charge in [0.25, 0.3) is 0 Å². The van der Waals surface area contributed by atoms with Crippen LogP contribution in [-0.2, 0) is 11.3 Å². The fourth-order valence-corrected chi connectivity index (χ4v) is 3.35. The van der Waals surface area contributed by atoms with Crippen LogP contribution in [0.3, 0.4) is 0 Å². The van der Waals surface area contributed by atoms with Gasteiger partial charge in [0, 0.05) is 40.6 Å². The van der Waals surface area contributed by atoms with Gasteiger partial charge in [0.05, 0.1) is 17.4 Å². The Hall–Kier alpha value is -3.56. The zero-order valence-corrected chi connectivity index (χ0v) is 18.7. The van der Waals surface area contributed by atoms with E-state index in [1.165, 1.54) is 11.5 Å². The fourth-order valence-electron chi connectivity index (χ4n) is 3.05. The van der Waals surface area contributed by atoms with Crippen molar-refractivity contribution in [3.05, 3.63) is 71.4 Å². The van der Waals surface area contributed by atoms with Gasteiger partial charge in [-0.1, -0.05) is 17.7 Å². The molecular formula is C22H20ClN7OS. The third kappa shape index (κ3) is 5.19. The lowest BCUT2D eigenvalue weighted by Crippen LogP contribution is -2.08. The van der Waals surface area contributed by atoms with Gasteiger partial charge in [-0.2, -0.15) is 22.7 Å². The van der Waals surface area contributed by atoms with E-state index in [1.54, 1.807) is 30.5 Å². The molecule has 0 saturated heterocycles. The Morgan fingerprint density at radius 1 is 1.12 bits per heavy atom. The van der Waals surface area contributed by atoms with Crippen LogP contribution in [0.2, 0.25) is 5.02 Å². The Kier molecular flexibility index (Phi) is 6.58. The first-order valence-electron chi connectivity index (χ1n) is 9.79. The van der Waals surface area contributed by atoms with E-state index in [1.807, 2.05) is 36.0 Å². The lowest BCUT2D eigenvalue weighted by molar-refractivity contribution is -0.111. The highest BCUT2D eigenvalue weighted by molar-refractivity contribution is 7.83. The number of rotatable bonds is 7. The van der Waals surface area contributed by atoms with Gasteiger partial charge in [-0.25, -0.2) is 4.98 Å². The standard InChI is InChI=1S/C22H20ClN7OS/c1-2-30-13-17(12-24-30)27-22-28-19-7-6-14(23)10-18(19)21(29-22)26-16-5-3-4-15(11-16)25-20(31)8-9-32/h3-13,32H,2H2,1H3,(H,25,31)(H2,26,27,28,29)/b9-8-. The van der Waals surface area contributed by atoms with Gasteiger partial charge in [-0.3, -0.25) is 9.48 Å². The molecule has 32 heavy (non-hydrogen) atoms. The highest BCUT2D eigenvalue weighted by atomic mass is 35.5. The predicted octanol–water partition coefficient (Wildman–Crippen LogP) is 5.37. The number of aromatic nitrogens is 4. The number of hydrogen-bond acceptors (Lipinski definition) is 7. The number of hydrogen-bond donors (Lipinski definition) is 4. The van der Waals surface area contributed by atoms with E-state index in [4.69, 9.17) is 11.6 Å². The molecule has 4 aromatic rings. The average molecular weight is 466 g/mol. The number of nitrogens with one attached hydrogen (secondary N) is 3. The molecular weight excluding hydrogens is 446 g/mol. The molecule has 0 bridgehead atoms. The van der Waals surface area contributed by atoms with Crippen molar-refractivity contribution >= 4 is 69.9 Å². The maximum Gasteiger partial charge on any atom is 0.248 e. The second-order valence-corrected chi connectivity index (χ2v) is 7.51. The Labute approximate surface area is 195 Å². The third-order valence-electron chi connectivity index (χ3n) is 4.49. The van der Waals surface area contributed by atoms with Crippen molar-refractivity contribution < 1.29 is 4.79 Å². The molecule has 2 aromatic heterocycles. The van der Waals surface area contributed by atoms with Gasteiger partial charge in [0.15, 0.2) is 0 Å². The molecule has 0 unspecified atom stereocenters. The summed E-state index contributed by atoms with van der Waals surface area (Å²) in [4.78, 5) is 21.1. The topological polar surface area (TPSA) is 96.8 Å². The van der Waals surface area contributed by atoms with Crippen LogP contribution in [0.4, 0.5) is 28.8 Å². The number of fused-ring (bicyclic) bond motifs is 1. The highest BCUT2D eigenvalue weighted by Gasteiger charge is 2.11. The van der Waals surface area contributed by atoms with E-state index in [0.717, 1.165) is 28.8 Å². The van der Waals surface area contributed by atoms with Gasteiger partial charge < -0.3 is 16.0 Å². The lowest BCUT2D eigenvalue weighted by atomic mass is 10.2. The molecule has 1 amide bonds. The molecule has 8 nitrogen and oxygen atoms in total. The predicted molar refractivity (Wildman–Crippen MR) is 132 cm³/mol. The molecule has 10 heteroatoms. The molecule has 3 N–H and O–H groups in total. The van der Waals surface area contributed by atoms with Crippen LogP contribution < -0.4 is 16.0 Å². The second kappa shape index (κ2) is 9.71. The van der Waals surface area contributed by atoms with Gasteiger partial charge >= 0.3 is 0 Å². The molecule has 0 atom stereocenters. The summed E-state index contributed by atoms with van der Waals surface area (Å²) in [5.74, 6) is 0.721. The normalized spacial score (nSPS) is 11.1. The molecule has 0 aliphatic heterocycles. The van der Waals surface area contributed by atoms with Crippen LogP contribution in [0.15, 0.2) is 66.3 Å². The summed E-state index contributed by atoms with van der Waals surface area (Å²) in [6.07, 6.45) is 4.94. The Bertz CT molecular complexity index is 1300. The Balaban J connectivity index is 1.67. The largest absolute Gasteiger partial charge is 0.339 e. The van der Waals surface area contributed by atoms with E-state index >= 15 is 0 Å². The molecule has 2 aromatic carbocycles. The van der Waals surface area contributed by atoms with Gasteiger partial charge in [0.2, 0.25) is 11.9 Å². The number of thiol groups is 1. The minimum atomic E-state index is -0.268. The molecule has 0 aliphatic rings. The van der Waals surface area contributed by atoms with E-state index in [9.17, 15) is 4.79 Å². The van der Waals surface area contributed by atoms with Gasteiger partial charge in [-0.15, -0.1) is 0 Å². The van der Waals surface area contributed by atoms with Crippen LogP contribution in [0.1, 0.15) is 6.92 Å². The maximum atomic E-state index is 11.8. The minimum Gasteiger partial charge on any atom is -0.339 e. The Morgan fingerprint density at radius 2 is 1.97 bits per heavy atom. The number of carbonyl (C=O) groups is 1. The zero-order valence-electron chi connectivity index (χ0n) is 17.1. The number of carbonyl (C=O) groups excluding carboxylic acids is 1. The van der Waals surface area contributed by atoms with E-state index in [2.05, 4.69) is 43.6 Å². The maximum absolute atomic E-state index is 11.8. The smallest absolute Gasteiger partial charge is 0.248 e. The summed E-state index contributed by atoms with van der Waals surface area (Å²) in [5.41, 5.74) is 2.88. The SMILES string of the molecule is CCn1cc(Nc2nc(Nc3cccc(NC(=O)/C=C\S)c3)c3cc(Cl)ccc3n2)cn1. The van der Waals surface area contributed by atoms with E-state index < -0.39 is 0 Å². The first-order valence-corrected chi connectivity index (χ1v) is 10.7. The first-order chi connectivity index (χ1) is 15.5. The van der Waals surface area contributed by atoms with Crippen molar-refractivity contribution in [1.82, 2.24) is 19.7 Å². The fraction of sp³-hybridized carbons (Fsp3) is 0.0909. The number of nitrogens with zero attached hydrogens (tertiary/aromatic N) is 4. The second-order valence-electron chi connectivity index (χ2n) is 6.78. The zero-order chi connectivity index (χ0) is 22.5. The summed E-state index contributed by atoms with van der Waals surface area (Å²) in [7, 11) is 0. The van der Waals surface area contributed by atoms with Crippen LogP contribution in [0.25, 0.3) is 10.9 Å². The van der Waals surface area contributed by atoms with Crippen LogP contribution >= 0.6 is 24.2 Å². The van der Waals surface area contributed by atoms with E-state index in [-0.39, 0.29) is 5.91 Å². The minimum absolute atomic E-state index is 0.268. The number of anilines is 5. The average Bonchev–Trinajstić information content (AvgIpc) is 3.22. The summed E-state index contributed by atoms with van der Waals surface area (Å²) >= 11 is 10.1. The molecule has 0 saturated carbocycles. The van der Waals surface area contributed by atoms with E-state index in [0.29, 0.717) is 22.5 Å². The number of benzene rings is 2. The Morgan fingerprint density at radius 3 is 2.75 bits per heavy atom. The van der Waals surface area contributed by atoms with Crippen LogP contribution in [0.5, 0.6) is 0 Å². The lowest BCUT2D eigenvalue weighted by Gasteiger charge is -2.13. The van der Waals surface area contributed by atoms with Crippen molar-refractivity contribution in [2.24, 2.45) is 0 Å². The molecule has 4 rings (SSSR count). The third-order valence-corrected chi connectivity index (χ3v) is 4.87. The molecule has 0 fully saturated rings. The number of halogens is 1. The van der Waals surface area contributed by atoms with Crippen LogP contribution in [-0.4, -0.2) is 25.7 Å². The molecule has 0 spiro atoms. The van der Waals surface area contributed by atoms with Crippen LogP contribution in [0, 0.1) is 0 Å². The highest BCUT2D eigenvalue weighted by Crippen LogP contribution is 2.29. The summed E-state index contributed by atoms with van der Waals surface area (Å²) in [6.45, 7) is 2.78. The molecule has 0 aliphatic carbocycles. The van der Waals surface area contributed by atoms with Crippen molar-refractivity contribution in [2.45, 2.75) is 13.5 Å². The summed E-state index contributed by atoms with van der Waals surface area (Å²) < 4.78 is 1.81. The van der Waals surface area contributed by atoms with Crippen molar-refractivity contribution in [3.63, 3.8) is 0 Å². The van der Waals surface area contributed by atoms with Gasteiger partial charge in [-0.05, 0) is 48.7 Å². The van der Waals surface area contributed by atoms with Crippen molar-refractivity contribution in [1.29, 1.82) is 0 Å². The molecule has 162 valence electrons. The quantitative estimate of drug-likeness (QED) is 0.216.